The Morgan fingerprint density at radius 2 is 1.64 bits per heavy atom. The Kier molecular flexibility index (Phi) is 5.80. The first-order chi connectivity index (χ1) is 11.8. The molecule has 2 amide bonds. The monoisotopic (exact) mass is 340 g/mol. The molecule has 2 rings (SSSR count). The molecule has 3 N–H and O–H groups in total. The second kappa shape index (κ2) is 7.83. The van der Waals surface area contributed by atoms with Crippen molar-refractivity contribution in [3.05, 3.63) is 65.7 Å². The maximum absolute atomic E-state index is 12.2. The molecule has 0 saturated heterocycles. The van der Waals surface area contributed by atoms with Gasteiger partial charge in [0.25, 0.3) is 5.91 Å². The molecule has 0 saturated carbocycles. The molecule has 0 aliphatic carbocycles. The molecule has 0 aromatic heterocycles. The molecule has 2 aromatic carbocycles. The van der Waals surface area contributed by atoms with Crippen LogP contribution in [0.15, 0.2) is 54.6 Å². The average molecular weight is 340 g/mol. The lowest BCUT2D eigenvalue weighted by atomic mass is 9.86. The molecule has 0 bridgehead atoms. The highest BCUT2D eigenvalue weighted by atomic mass is 16.5. The van der Waals surface area contributed by atoms with Gasteiger partial charge in [0.2, 0.25) is 5.91 Å². The maximum atomic E-state index is 12.2. The maximum Gasteiger partial charge on any atom is 0.258 e. The SMILES string of the molecule is CC(C)(C)c1ccccc1OCC(=O)NC(C(N)=O)c1ccccc1. The summed E-state index contributed by atoms with van der Waals surface area (Å²) in [4.78, 5) is 23.9. The van der Waals surface area contributed by atoms with Gasteiger partial charge in [0.1, 0.15) is 11.8 Å². The third kappa shape index (κ3) is 5.08. The minimum atomic E-state index is -0.879. The van der Waals surface area contributed by atoms with Crippen LogP contribution >= 0.6 is 0 Å². The van der Waals surface area contributed by atoms with Crippen LogP contribution in [0.25, 0.3) is 0 Å². The van der Waals surface area contributed by atoms with Crippen LogP contribution in [-0.4, -0.2) is 18.4 Å². The van der Waals surface area contributed by atoms with Gasteiger partial charge in [0, 0.05) is 0 Å². The Morgan fingerprint density at radius 1 is 1.04 bits per heavy atom. The summed E-state index contributed by atoms with van der Waals surface area (Å²) < 4.78 is 5.68. The van der Waals surface area contributed by atoms with E-state index in [4.69, 9.17) is 10.5 Å². The first-order valence-corrected chi connectivity index (χ1v) is 8.15. The van der Waals surface area contributed by atoms with E-state index in [0.717, 1.165) is 5.56 Å². The first-order valence-electron chi connectivity index (χ1n) is 8.15. The number of hydrogen-bond acceptors (Lipinski definition) is 3. The first kappa shape index (κ1) is 18.5. The summed E-state index contributed by atoms with van der Waals surface area (Å²) in [6, 6.07) is 15.6. The fraction of sp³-hybridized carbons (Fsp3) is 0.300. The van der Waals surface area contributed by atoms with E-state index in [1.807, 2.05) is 30.3 Å². The zero-order valence-corrected chi connectivity index (χ0v) is 14.8. The summed E-state index contributed by atoms with van der Waals surface area (Å²) >= 11 is 0. The smallest absolute Gasteiger partial charge is 0.258 e. The molecule has 132 valence electrons. The third-order valence-corrected chi connectivity index (χ3v) is 3.78. The van der Waals surface area contributed by atoms with E-state index in [1.54, 1.807) is 24.3 Å². The molecule has 0 aliphatic heterocycles. The minimum Gasteiger partial charge on any atom is -0.483 e. The molecule has 0 radical (unpaired) electrons. The van der Waals surface area contributed by atoms with Crippen LogP contribution in [0.4, 0.5) is 0 Å². The van der Waals surface area contributed by atoms with Gasteiger partial charge in [-0.1, -0.05) is 69.3 Å². The van der Waals surface area contributed by atoms with Crippen LogP contribution in [0, 0.1) is 0 Å². The van der Waals surface area contributed by atoms with Gasteiger partial charge in [-0.25, -0.2) is 0 Å². The van der Waals surface area contributed by atoms with Gasteiger partial charge in [0.05, 0.1) is 0 Å². The van der Waals surface area contributed by atoms with E-state index < -0.39 is 17.9 Å². The van der Waals surface area contributed by atoms with E-state index in [9.17, 15) is 9.59 Å². The molecule has 5 nitrogen and oxygen atoms in total. The van der Waals surface area contributed by atoms with Gasteiger partial charge in [-0.05, 0) is 22.6 Å². The number of hydrogen-bond donors (Lipinski definition) is 2. The number of primary amides is 1. The molecule has 0 spiro atoms. The second-order valence-corrected chi connectivity index (χ2v) is 6.85. The number of para-hydroxylation sites is 1. The highest BCUT2D eigenvalue weighted by Gasteiger charge is 2.22. The highest BCUT2D eigenvalue weighted by Crippen LogP contribution is 2.30. The molecule has 2 aromatic rings. The fourth-order valence-corrected chi connectivity index (χ4v) is 2.52. The summed E-state index contributed by atoms with van der Waals surface area (Å²) in [7, 11) is 0. The lowest BCUT2D eigenvalue weighted by molar-refractivity contribution is -0.128. The zero-order chi connectivity index (χ0) is 18.4. The Bertz CT molecular complexity index is 736. The normalized spacial score (nSPS) is 12.3. The van der Waals surface area contributed by atoms with Gasteiger partial charge < -0.3 is 15.8 Å². The molecule has 5 heteroatoms. The number of amides is 2. The van der Waals surface area contributed by atoms with Gasteiger partial charge in [0.15, 0.2) is 6.61 Å². The molecule has 1 unspecified atom stereocenters. The second-order valence-electron chi connectivity index (χ2n) is 6.85. The molecule has 0 heterocycles. The van der Waals surface area contributed by atoms with Crippen molar-refractivity contribution >= 4 is 11.8 Å². The van der Waals surface area contributed by atoms with Crippen molar-refractivity contribution in [2.75, 3.05) is 6.61 Å². The Morgan fingerprint density at radius 3 is 2.24 bits per heavy atom. The lowest BCUT2D eigenvalue weighted by Crippen LogP contribution is -2.39. The van der Waals surface area contributed by atoms with Crippen molar-refractivity contribution < 1.29 is 14.3 Å². The van der Waals surface area contributed by atoms with Crippen LogP contribution in [0.2, 0.25) is 0 Å². The van der Waals surface area contributed by atoms with Crippen LogP contribution < -0.4 is 15.8 Å². The molecule has 1 atom stereocenters. The molecule has 0 aliphatic rings. The van der Waals surface area contributed by atoms with Crippen LogP contribution in [0.3, 0.4) is 0 Å². The fourth-order valence-electron chi connectivity index (χ4n) is 2.52. The van der Waals surface area contributed by atoms with E-state index in [-0.39, 0.29) is 12.0 Å². The van der Waals surface area contributed by atoms with Crippen LogP contribution in [-0.2, 0) is 15.0 Å². The molecule has 25 heavy (non-hydrogen) atoms. The van der Waals surface area contributed by atoms with E-state index in [0.29, 0.717) is 11.3 Å². The molecular weight excluding hydrogens is 316 g/mol. The van der Waals surface area contributed by atoms with Crippen LogP contribution in [0.5, 0.6) is 5.75 Å². The quantitative estimate of drug-likeness (QED) is 0.848. The predicted octanol–water partition coefficient (Wildman–Crippen LogP) is 2.71. The topological polar surface area (TPSA) is 81.4 Å². The largest absolute Gasteiger partial charge is 0.483 e. The standard InChI is InChI=1S/C20H24N2O3/c1-20(2,3)15-11-7-8-12-16(15)25-13-17(23)22-18(19(21)24)14-9-5-4-6-10-14/h4-12,18H,13H2,1-3H3,(H2,21,24)(H,22,23). The number of benzene rings is 2. The number of rotatable bonds is 6. The lowest BCUT2D eigenvalue weighted by Gasteiger charge is -2.23. The van der Waals surface area contributed by atoms with Crippen molar-refractivity contribution in [2.45, 2.75) is 32.2 Å². The number of carbonyl (C=O) groups excluding carboxylic acids is 2. The van der Waals surface area contributed by atoms with Crippen molar-refractivity contribution in [1.29, 1.82) is 0 Å². The minimum absolute atomic E-state index is 0.104. The predicted molar refractivity (Wildman–Crippen MR) is 97.2 cm³/mol. The Hall–Kier alpha value is -2.82. The van der Waals surface area contributed by atoms with Crippen molar-refractivity contribution in [3.8, 4) is 5.75 Å². The highest BCUT2D eigenvalue weighted by molar-refractivity contribution is 5.88. The van der Waals surface area contributed by atoms with Gasteiger partial charge in [-0.15, -0.1) is 0 Å². The summed E-state index contributed by atoms with van der Waals surface area (Å²) in [6.45, 7) is 6.04. The van der Waals surface area contributed by atoms with Crippen LogP contribution in [0.1, 0.15) is 37.9 Å². The molecular formula is C20H24N2O3. The van der Waals surface area contributed by atoms with Crippen molar-refractivity contribution in [2.24, 2.45) is 5.73 Å². The van der Waals surface area contributed by atoms with Gasteiger partial charge >= 0.3 is 0 Å². The summed E-state index contributed by atoms with van der Waals surface area (Å²) in [5, 5.41) is 2.62. The Labute approximate surface area is 148 Å². The summed E-state index contributed by atoms with van der Waals surface area (Å²) in [5.74, 6) is -0.369. The van der Waals surface area contributed by atoms with Crippen molar-refractivity contribution in [1.82, 2.24) is 5.32 Å². The van der Waals surface area contributed by atoms with E-state index >= 15 is 0 Å². The Balaban J connectivity index is 2.05. The summed E-state index contributed by atoms with van der Waals surface area (Å²) in [6.07, 6.45) is 0. The van der Waals surface area contributed by atoms with E-state index in [2.05, 4.69) is 26.1 Å². The number of ether oxygens (including phenoxy) is 1. The van der Waals surface area contributed by atoms with Gasteiger partial charge in [-0.3, -0.25) is 9.59 Å². The third-order valence-electron chi connectivity index (χ3n) is 3.78. The number of carbonyl (C=O) groups is 2. The van der Waals surface area contributed by atoms with Crippen molar-refractivity contribution in [3.63, 3.8) is 0 Å². The number of nitrogens with one attached hydrogen (secondary N) is 1. The zero-order valence-electron chi connectivity index (χ0n) is 14.8. The summed E-state index contributed by atoms with van der Waals surface area (Å²) in [5.41, 5.74) is 6.96. The average Bonchev–Trinajstić information content (AvgIpc) is 2.58. The van der Waals surface area contributed by atoms with E-state index in [1.165, 1.54) is 0 Å². The molecule has 0 fully saturated rings. The van der Waals surface area contributed by atoms with Gasteiger partial charge in [-0.2, -0.15) is 0 Å². The number of nitrogens with two attached hydrogens (primary N) is 1.